The van der Waals surface area contributed by atoms with Gasteiger partial charge in [-0.15, -0.1) is 0 Å². The van der Waals surface area contributed by atoms with Crippen molar-refractivity contribution in [1.82, 2.24) is 20.0 Å². The van der Waals surface area contributed by atoms with Crippen LogP contribution in [0.2, 0.25) is 0 Å². The van der Waals surface area contributed by atoms with Crippen molar-refractivity contribution < 1.29 is 9.32 Å². The van der Waals surface area contributed by atoms with E-state index in [1.54, 1.807) is 6.92 Å². The molecule has 0 saturated heterocycles. The lowest BCUT2D eigenvalue weighted by atomic mass is 9.96. The van der Waals surface area contributed by atoms with Gasteiger partial charge in [0.1, 0.15) is 0 Å². The summed E-state index contributed by atoms with van der Waals surface area (Å²) in [4.78, 5) is 16.8. The van der Waals surface area contributed by atoms with E-state index in [4.69, 9.17) is 4.52 Å². The zero-order chi connectivity index (χ0) is 19.3. The summed E-state index contributed by atoms with van der Waals surface area (Å²) in [6.45, 7) is 2.24. The van der Waals surface area contributed by atoms with Crippen molar-refractivity contribution in [2.75, 3.05) is 6.54 Å². The first-order chi connectivity index (χ1) is 13.7. The summed E-state index contributed by atoms with van der Waals surface area (Å²) in [6.07, 6.45) is 4.88. The van der Waals surface area contributed by atoms with Crippen LogP contribution in [-0.2, 0) is 11.2 Å². The molecule has 1 atom stereocenters. The zero-order valence-electron chi connectivity index (χ0n) is 15.7. The molecule has 2 aromatic heterocycles. The maximum Gasteiger partial charge on any atom is 0.228 e. The largest absolute Gasteiger partial charge is 0.356 e. The highest BCUT2D eigenvalue weighted by molar-refractivity contribution is 5.87. The van der Waals surface area contributed by atoms with Crippen LogP contribution in [0.25, 0.3) is 10.8 Å². The van der Waals surface area contributed by atoms with Gasteiger partial charge in [-0.1, -0.05) is 47.6 Å². The Morgan fingerprint density at radius 3 is 2.68 bits per heavy atom. The standard InChI is InChI=1S/C22H22N4O2/c1-16-24-22(28-25-16)11-12-23-21(27)15-20(26-13-4-5-14-26)19-10-6-8-17-7-2-3-9-18(17)19/h2-10,13-14,20H,11-12,15H2,1H3,(H,23,27)/t20-/m1/s1. The molecule has 4 aromatic rings. The Labute approximate surface area is 163 Å². The molecule has 0 aliphatic carbocycles. The van der Waals surface area contributed by atoms with E-state index in [1.807, 2.05) is 42.7 Å². The summed E-state index contributed by atoms with van der Waals surface area (Å²) in [5.41, 5.74) is 1.14. The summed E-state index contributed by atoms with van der Waals surface area (Å²) in [5, 5.41) is 9.07. The highest BCUT2D eigenvalue weighted by atomic mass is 16.5. The van der Waals surface area contributed by atoms with Gasteiger partial charge in [0.25, 0.3) is 0 Å². The number of aromatic nitrogens is 3. The number of benzene rings is 2. The average Bonchev–Trinajstić information content (AvgIpc) is 3.38. The van der Waals surface area contributed by atoms with Gasteiger partial charge < -0.3 is 14.4 Å². The lowest BCUT2D eigenvalue weighted by Gasteiger charge is -2.21. The highest BCUT2D eigenvalue weighted by Crippen LogP contribution is 2.29. The van der Waals surface area contributed by atoms with Crippen LogP contribution >= 0.6 is 0 Å². The van der Waals surface area contributed by atoms with E-state index < -0.39 is 0 Å². The van der Waals surface area contributed by atoms with Crippen LogP contribution in [0.3, 0.4) is 0 Å². The molecule has 0 aliphatic heterocycles. The van der Waals surface area contributed by atoms with Crippen LogP contribution in [0, 0.1) is 6.92 Å². The summed E-state index contributed by atoms with van der Waals surface area (Å²) in [6, 6.07) is 18.4. The number of carbonyl (C=O) groups is 1. The Hall–Kier alpha value is -3.41. The Balaban J connectivity index is 1.51. The molecule has 0 radical (unpaired) electrons. The van der Waals surface area contributed by atoms with Gasteiger partial charge >= 0.3 is 0 Å². The Morgan fingerprint density at radius 2 is 1.89 bits per heavy atom. The fourth-order valence-corrected chi connectivity index (χ4v) is 3.47. The molecule has 4 rings (SSSR count). The molecular weight excluding hydrogens is 352 g/mol. The van der Waals surface area contributed by atoms with Crippen LogP contribution < -0.4 is 5.32 Å². The third-order valence-electron chi connectivity index (χ3n) is 4.78. The third kappa shape index (κ3) is 3.96. The quantitative estimate of drug-likeness (QED) is 0.536. The molecule has 2 heterocycles. The number of carbonyl (C=O) groups excluding carboxylic acids is 1. The van der Waals surface area contributed by atoms with Gasteiger partial charge in [-0.05, 0) is 35.4 Å². The maximum absolute atomic E-state index is 12.7. The summed E-state index contributed by atoms with van der Waals surface area (Å²) < 4.78 is 7.17. The summed E-state index contributed by atoms with van der Waals surface area (Å²) in [5.74, 6) is 1.13. The molecule has 0 aliphatic rings. The molecule has 2 aromatic carbocycles. The molecule has 0 saturated carbocycles. The smallest absolute Gasteiger partial charge is 0.228 e. The molecule has 28 heavy (non-hydrogen) atoms. The predicted octanol–water partition coefficient (Wildman–Crippen LogP) is 3.67. The number of rotatable bonds is 7. The van der Waals surface area contributed by atoms with Gasteiger partial charge in [0.05, 0.1) is 12.5 Å². The van der Waals surface area contributed by atoms with Crippen LogP contribution in [0.15, 0.2) is 71.5 Å². The number of nitrogens with one attached hydrogen (secondary N) is 1. The molecule has 6 heteroatoms. The molecule has 0 fully saturated rings. The molecule has 6 nitrogen and oxygen atoms in total. The van der Waals surface area contributed by atoms with E-state index >= 15 is 0 Å². The molecule has 0 spiro atoms. The first kappa shape index (κ1) is 18.0. The van der Waals surface area contributed by atoms with Crippen LogP contribution in [0.4, 0.5) is 0 Å². The van der Waals surface area contributed by atoms with Crippen LogP contribution in [-0.4, -0.2) is 27.2 Å². The SMILES string of the molecule is Cc1noc(CCNC(=O)C[C@H](c2cccc3ccccc23)n2cccc2)n1. The second-order valence-corrected chi connectivity index (χ2v) is 6.75. The van der Waals surface area contributed by atoms with E-state index in [1.165, 1.54) is 5.39 Å². The molecule has 1 N–H and O–H groups in total. The fourth-order valence-electron chi connectivity index (χ4n) is 3.47. The van der Waals surface area contributed by atoms with E-state index in [0.29, 0.717) is 31.1 Å². The second-order valence-electron chi connectivity index (χ2n) is 6.75. The van der Waals surface area contributed by atoms with Crippen molar-refractivity contribution in [3.63, 3.8) is 0 Å². The number of fused-ring (bicyclic) bond motifs is 1. The van der Waals surface area contributed by atoms with Crippen molar-refractivity contribution in [3.8, 4) is 0 Å². The van der Waals surface area contributed by atoms with E-state index in [-0.39, 0.29) is 11.9 Å². The second kappa shape index (κ2) is 8.08. The first-order valence-electron chi connectivity index (χ1n) is 9.37. The van der Waals surface area contributed by atoms with Crippen molar-refractivity contribution in [1.29, 1.82) is 0 Å². The number of amides is 1. The van der Waals surface area contributed by atoms with Crippen molar-refractivity contribution in [3.05, 3.63) is 84.3 Å². The van der Waals surface area contributed by atoms with Gasteiger partial charge in [-0.2, -0.15) is 4.98 Å². The lowest BCUT2D eigenvalue weighted by Crippen LogP contribution is -2.28. The van der Waals surface area contributed by atoms with E-state index in [9.17, 15) is 4.79 Å². The van der Waals surface area contributed by atoms with Crippen LogP contribution in [0.1, 0.15) is 29.7 Å². The Kier molecular flexibility index (Phi) is 5.19. The summed E-state index contributed by atoms with van der Waals surface area (Å²) in [7, 11) is 0. The van der Waals surface area contributed by atoms with Crippen molar-refractivity contribution in [2.24, 2.45) is 0 Å². The van der Waals surface area contributed by atoms with Gasteiger partial charge in [-0.3, -0.25) is 4.79 Å². The van der Waals surface area contributed by atoms with Gasteiger partial charge in [0.15, 0.2) is 5.82 Å². The molecule has 142 valence electrons. The molecule has 1 amide bonds. The van der Waals surface area contributed by atoms with Gasteiger partial charge in [0, 0.05) is 25.4 Å². The highest BCUT2D eigenvalue weighted by Gasteiger charge is 2.19. The molecule has 0 unspecified atom stereocenters. The summed E-state index contributed by atoms with van der Waals surface area (Å²) >= 11 is 0. The Morgan fingerprint density at radius 1 is 1.11 bits per heavy atom. The van der Waals surface area contributed by atoms with Gasteiger partial charge in [-0.25, -0.2) is 0 Å². The fraction of sp³-hybridized carbons (Fsp3) is 0.227. The minimum atomic E-state index is -0.0771. The number of aryl methyl sites for hydroxylation is 1. The van der Waals surface area contributed by atoms with E-state index in [0.717, 1.165) is 10.9 Å². The zero-order valence-corrected chi connectivity index (χ0v) is 15.7. The normalized spacial score (nSPS) is 12.2. The number of hydrogen-bond donors (Lipinski definition) is 1. The molecular formula is C22H22N4O2. The molecule has 0 bridgehead atoms. The van der Waals surface area contributed by atoms with E-state index in [2.05, 4.69) is 44.3 Å². The number of nitrogens with zero attached hydrogens (tertiary/aromatic N) is 3. The average molecular weight is 374 g/mol. The monoisotopic (exact) mass is 374 g/mol. The minimum Gasteiger partial charge on any atom is -0.356 e. The first-order valence-corrected chi connectivity index (χ1v) is 9.37. The van der Waals surface area contributed by atoms with Crippen LogP contribution in [0.5, 0.6) is 0 Å². The third-order valence-corrected chi connectivity index (χ3v) is 4.78. The number of hydrogen-bond acceptors (Lipinski definition) is 4. The van der Waals surface area contributed by atoms with Crippen molar-refractivity contribution >= 4 is 16.7 Å². The topological polar surface area (TPSA) is 73.0 Å². The predicted molar refractivity (Wildman–Crippen MR) is 107 cm³/mol. The lowest BCUT2D eigenvalue weighted by molar-refractivity contribution is -0.121. The Bertz CT molecular complexity index is 1060. The minimum absolute atomic E-state index is 0.0112. The van der Waals surface area contributed by atoms with Gasteiger partial charge in [0.2, 0.25) is 11.8 Å². The van der Waals surface area contributed by atoms with Crippen molar-refractivity contribution in [2.45, 2.75) is 25.8 Å². The maximum atomic E-state index is 12.7.